The Balaban J connectivity index is 2.41. The van der Waals surface area contributed by atoms with Crippen molar-refractivity contribution in [3.63, 3.8) is 0 Å². The van der Waals surface area contributed by atoms with Crippen molar-refractivity contribution in [2.45, 2.75) is 13.0 Å². The molecule has 1 aromatic rings. The second-order valence-electron chi connectivity index (χ2n) is 2.71. The number of benzene rings is 1. The molecule has 0 atom stereocenters. The van der Waals surface area contributed by atoms with Gasteiger partial charge in [0.1, 0.15) is 6.61 Å². The number of nitriles is 1. The van der Waals surface area contributed by atoms with Crippen LogP contribution in [0.5, 0.6) is 0 Å². The van der Waals surface area contributed by atoms with Crippen molar-refractivity contribution in [2.24, 2.45) is 0 Å². The Hall–Kier alpha value is -1.47. The minimum Gasteiger partial charge on any atom is -0.371 e. The molecule has 0 aromatic heterocycles. The van der Waals surface area contributed by atoms with Gasteiger partial charge >= 0.3 is 0 Å². The summed E-state index contributed by atoms with van der Waals surface area (Å²) in [4.78, 5) is 0. The van der Waals surface area contributed by atoms with Gasteiger partial charge in [-0.1, -0.05) is 12.1 Å². The molecule has 0 fully saturated rings. The Morgan fingerprint density at radius 2 is 1.93 bits per heavy atom. The van der Waals surface area contributed by atoms with Crippen LogP contribution in [-0.2, 0) is 11.3 Å². The third-order valence-corrected chi connectivity index (χ3v) is 1.60. The fraction of sp³-hybridized carbons (Fsp3) is 0.300. The molecule has 0 spiro atoms. The number of rotatable bonds is 4. The van der Waals surface area contributed by atoms with Crippen molar-refractivity contribution in [1.29, 1.82) is 5.26 Å². The fourth-order valence-electron chi connectivity index (χ4n) is 0.941. The van der Waals surface area contributed by atoms with E-state index >= 15 is 0 Å². The lowest BCUT2D eigenvalue weighted by molar-refractivity contribution is 0.00988. The highest BCUT2D eigenvalue weighted by molar-refractivity contribution is 5.31. The number of alkyl halides is 2. The van der Waals surface area contributed by atoms with Crippen LogP contribution < -0.4 is 0 Å². The highest BCUT2D eigenvalue weighted by atomic mass is 19.3. The van der Waals surface area contributed by atoms with Gasteiger partial charge < -0.3 is 4.74 Å². The Morgan fingerprint density at radius 3 is 2.43 bits per heavy atom. The lowest BCUT2D eigenvalue weighted by Crippen LogP contribution is -2.03. The van der Waals surface area contributed by atoms with Crippen LogP contribution >= 0.6 is 0 Å². The Labute approximate surface area is 80.7 Å². The molecule has 0 N–H and O–H groups in total. The fourth-order valence-corrected chi connectivity index (χ4v) is 0.941. The van der Waals surface area contributed by atoms with Crippen LogP contribution in [0.2, 0.25) is 0 Å². The minimum atomic E-state index is -2.44. The summed E-state index contributed by atoms with van der Waals surface area (Å²) >= 11 is 0. The van der Waals surface area contributed by atoms with Gasteiger partial charge in [0.05, 0.1) is 18.2 Å². The van der Waals surface area contributed by atoms with E-state index in [-0.39, 0.29) is 6.61 Å². The number of nitrogens with zero attached hydrogens (tertiary/aromatic N) is 1. The molecule has 0 saturated carbocycles. The first kappa shape index (κ1) is 10.6. The first-order chi connectivity index (χ1) is 6.72. The molecule has 0 heterocycles. The van der Waals surface area contributed by atoms with Gasteiger partial charge in [0.15, 0.2) is 0 Å². The maximum atomic E-state index is 11.7. The average molecular weight is 197 g/mol. The molecular weight excluding hydrogens is 188 g/mol. The molecule has 1 rings (SSSR count). The van der Waals surface area contributed by atoms with E-state index in [1.807, 2.05) is 6.07 Å². The van der Waals surface area contributed by atoms with Gasteiger partial charge in [-0.3, -0.25) is 0 Å². The monoisotopic (exact) mass is 197 g/mol. The summed E-state index contributed by atoms with van der Waals surface area (Å²) < 4.78 is 28.1. The van der Waals surface area contributed by atoms with Crippen LogP contribution in [0, 0.1) is 11.3 Å². The van der Waals surface area contributed by atoms with Gasteiger partial charge in [-0.15, -0.1) is 0 Å². The molecule has 0 unspecified atom stereocenters. The number of ether oxygens (including phenoxy) is 1. The van der Waals surface area contributed by atoms with E-state index in [1.54, 1.807) is 24.3 Å². The van der Waals surface area contributed by atoms with Gasteiger partial charge in [0.25, 0.3) is 6.43 Å². The number of halogens is 2. The van der Waals surface area contributed by atoms with Gasteiger partial charge in [-0.2, -0.15) is 5.26 Å². The molecule has 0 radical (unpaired) electrons. The van der Waals surface area contributed by atoms with E-state index < -0.39 is 13.0 Å². The van der Waals surface area contributed by atoms with Gasteiger partial charge in [-0.25, -0.2) is 8.78 Å². The predicted molar refractivity (Wildman–Crippen MR) is 46.8 cm³/mol. The van der Waals surface area contributed by atoms with Crippen LogP contribution in [0.25, 0.3) is 0 Å². The van der Waals surface area contributed by atoms with E-state index in [4.69, 9.17) is 10.00 Å². The molecule has 0 aliphatic carbocycles. The maximum Gasteiger partial charge on any atom is 0.261 e. The van der Waals surface area contributed by atoms with Gasteiger partial charge in [0, 0.05) is 0 Å². The molecule has 0 saturated heterocycles. The van der Waals surface area contributed by atoms with Crippen LogP contribution in [-0.4, -0.2) is 13.0 Å². The van der Waals surface area contributed by atoms with Crippen molar-refractivity contribution >= 4 is 0 Å². The molecule has 4 heteroatoms. The van der Waals surface area contributed by atoms with Crippen LogP contribution in [0.1, 0.15) is 11.1 Å². The van der Waals surface area contributed by atoms with E-state index in [9.17, 15) is 8.78 Å². The Morgan fingerprint density at radius 1 is 1.29 bits per heavy atom. The zero-order valence-corrected chi connectivity index (χ0v) is 7.41. The van der Waals surface area contributed by atoms with Crippen LogP contribution in [0.15, 0.2) is 24.3 Å². The summed E-state index contributed by atoms with van der Waals surface area (Å²) in [6.45, 7) is -0.407. The largest absolute Gasteiger partial charge is 0.371 e. The molecule has 1 aromatic carbocycles. The van der Waals surface area contributed by atoms with Crippen molar-refractivity contribution in [1.82, 2.24) is 0 Å². The summed E-state index contributed by atoms with van der Waals surface area (Å²) in [6.07, 6.45) is -2.44. The Kier molecular flexibility index (Phi) is 4.02. The second-order valence-corrected chi connectivity index (χ2v) is 2.71. The number of hydrogen-bond donors (Lipinski definition) is 0. The highest BCUT2D eigenvalue weighted by Crippen LogP contribution is 2.05. The third kappa shape index (κ3) is 3.50. The first-order valence-corrected chi connectivity index (χ1v) is 4.07. The predicted octanol–water partition coefficient (Wildman–Crippen LogP) is 2.34. The lowest BCUT2D eigenvalue weighted by Gasteiger charge is -2.03. The zero-order valence-electron chi connectivity index (χ0n) is 7.41. The smallest absolute Gasteiger partial charge is 0.261 e. The van der Waals surface area contributed by atoms with Crippen LogP contribution in [0.3, 0.4) is 0 Å². The molecule has 74 valence electrons. The summed E-state index contributed by atoms with van der Waals surface area (Å²) in [6, 6.07) is 8.59. The minimum absolute atomic E-state index is 0.149. The summed E-state index contributed by atoms with van der Waals surface area (Å²) in [5.41, 5.74) is 1.33. The molecule has 0 bridgehead atoms. The Bertz CT molecular complexity index is 316. The lowest BCUT2D eigenvalue weighted by atomic mass is 10.2. The van der Waals surface area contributed by atoms with E-state index in [0.717, 1.165) is 5.56 Å². The van der Waals surface area contributed by atoms with Crippen molar-refractivity contribution in [3.05, 3.63) is 35.4 Å². The molecule has 2 nitrogen and oxygen atoms in total. The topological polar surface area (TPSA) is 33.0 Å². The molecule has 0 amide bonds. The average Bonchev–Trinajstić information content (AvgIpc) is 2.18. The quantitative estimate of drug-likeness (QED) is 0.742. The SMILES string of the molecule is N#Cc1ccc(COCC(F)F)cc1. The van der Waals surface area contributed by atoms with Gasteiger partial charge in [-0.05, 0) is 17.7 Å². The normalized spacial score (nSPS) is 10.1. The van der Waals surface area contributed by atoms with E-state index in [0.29, 0.717) is 5.56 Å². The first-order valence-electron chi connectivity index (χ1n) is 4.07. The zero-order chi connectivity index (χ0) is 10.4. The van der Waals surface area contributed by atoms with Crippen molar-refractivity contribution in [3.8, 4) is 6.07 Å². The molecule has 14 heavy (non-hydrogen) atoms. The molecule has 0 aliphatic heterocycles. The number of hydrogen-bond acceptors (Lipinski definition) is 2. The second kappa shape index (κ2) is 5.30. The summed E-state index contributed by atoms with van der Waals surface area (Å²) in [7, 11) is 0. The van der Waals surface area contributed by atoms with Crippen molar-refractivity contribution < 1.29 is 13.5 Å². The van der Waals surface area contributed by atoms with E-state index in [1.165, 1.54) is 0 Å². The third-order valence-electron chi connectivity index (χ3n) is 1.60. The van der Waals surface area contributed by atoms with Gasteiger partial charge in [0.2, 0.25) is 0 Å². The van der Waals surface area contributed by atoms with E-state index in [2.05, 4.69) is 0 Å². The van der Waals surface area contributed by atoms with Crippen LogP contribution in [0.4, 0.5) is 8.78 Å². The highest BCUT2D eigenvalue weighted by Gasteiger charge is 2.01. The standard InChI is InChI=1S/C10H9F2NO/c11-10(12)7-14-6-9-3-1-8(5-13)2-4-9/h1-4,10H,6-7H2. The summed E-state index contributed by atoms with van der Waals surface area (Å²) in [5, 5.41) is 8.50. The molecular formula is C10H9F2NO. The molecule has 0 aliphatic rings. The van der Waals surface area contributed by atoms with Crippen molar-refractivity contribution in [2.75, 3.05) is 6.61 Å². The maximum absolute atomic E-state index is 11.7. The summed E-state index contributed by atoms with van der Waals surface area (Å²) in [5.74, 6) is 0.